The van der Waals surface area contributed by atoms with Gasteiger partial charge in [0, 0.05) is 30.6 Å². The standard InChI is InChI=1S/C21H16Cl2N6O2/c1-2-17-27-20(28-29(17)19-15(22)7-4-8-16(19)23)21(30)26-13-5-3-6-14(11-13)31-18-12-24-9-10-25-18/h3-12H,2H2,1H3,(H,26,30). The summed E-state index contributed by atoms with van der Waals surface area (Å²) in [5.74, 6) is 0.908. The molecular formula is C21H16Cl2N6O2. The summed E-state index contributed by atoms with van der Waals surface area (Å²) < 4.78 is 7.13. The average Bonchev–Trinajstić information content (AvgIpc) is 3.19. The fourth-order valence-electron chi connectivity index (χ4n) is 2.82. The molecule has 4 aromatic rings. The average molecular weight is 455 g/mol. The summed E-state index contributed by atoms with van der Waals surface area (Å²) in [4.78, 5) is 25.1. The van der Waals surface area contributed by atoms with Crippen LogP contribution in [0, 0.1) is 0 Å². The van der Waals surface area contributed by atoms with Crippen molar-refractivity contribution in [2.75, 3.05) is 5.32 Å². The zero-order chi connectivity index (χ0) is 21.8. The summed E-state index contributed by atoms with van der Waals surface area (Å²) in [6.07, 6.45) is 5.10. The molecule has 2 aromatic heterocycles. The normalized spacial score (nSPS) is 10.7. The van der Waals surface area contributed by atoms with Gasteiger partial charge in [0.05, 0.1) is 16.2 Å². The Morgan fingerprint density at radius 2 is 1.90 bits per heavy atom. The number of halogens is 2. The number of amides is 1. The van der Waals surface area contributed by atoms with Gasteiger partial charge in [0.25, 0.3) is 5.91 Å². The number of hydrogen-bond donors (Lipinski definition) is 1. The van der Waals surface area contributed by atoms with Crippen molar-refractivity contribution >= 4 is 34.8 Å². The highest BCUT2D eigenvalue weighted by molar-refractivity contribution is 6.37. The quantitative estimate of drug-likeness (QED) is 0.441. The van der Waals surface area contributed by atoms with Crippen molar-refractivity contribution in [3.63, 3.8) is 0 Å². The van der Waals surface area contributed by atoms with Gasteiger partial charge in [-0.2, -0.15) is 0 Å². The Bertz CT molecular complexity index is 1210. The first-order chi connectivity index (χ1) is 15.0. The molecule has 0 bridgehead atoms. The van der Waals surface area contributed by atoms with Crippen LogP contribution in [0.25, 0.3) is 5.69 Å². The molecule has 31 heavy (non-hydrogen) atoms. The summed E-state index contributed by atoms with van der Waals surface area (Å²) in [6, 6.07) is 12.0. The first-order valence-electron chi connectivity index (χ1n) is 9.30. The predicted octanol–water partition coefficient (Wildman–Crippen LogP) is 4.97. The lowest BCUT2D eigenvalue weighted by molar-refractivity contribution is 0.101. The number of nitrogens with one attached hydrogen (secondary N) is 1. The van der Waals surface area contributed by atoms with Gasteiger partial charge < -0.3 is 10.1 Å². The number of carbonyl (C=O) groups is 1. The van der Waals surface area contributed by atoms with Crippen LogP contribution in [0.3, 0.4) is 0 Å². The molecule has 10 heteroatoms. The van der Waals surface area contributed by atoms with Crippen LogP contribution in [-0.4, -0.2) is 30.6 Å². The maximum Gasteiger partial charge on any atom is 0.295 e. The minimum absolute atomic E-state index is 0.00640. The van der Waals surface area contributed by atoms with Crippen molar-refractivity contribution < 1.29 is 9.53 Å². The maximum atomic E-state index is 12.8. The molecule has 8 nitrogen and oxygen atoms in total. The first kappa shape index (κ1) is 20.8. The van der Waals surface area contributed by atoms with Crippen LogP contribution in [0.1, 0.15) is 23.4 Å². The number of aromatic nitrogens is 5. The van der Waals surface area contributed by atoms with Gasteiger partial charge in [0.2, 0.25) is 11.7 Å². The van der Waals surface area contributed by atoms with Crippen LogP contribution >= 0.6 is 23.2 Å². The van der Waals surface area contributed by atoms with Crippen molar-refractivity contribution in [1.82, 2.24) is 24.7 Å². The Labute approximate surface area is 187 Å². The molecule has 2 aromatic carbocycles. The second-order valence-corrected chi connectivity index (χ2v) is 7.13. The molecule has 0 unspecified atom stereocenters. The van der Waals surface area contributed by atoms with E-state index in [0.29, 0.717) is 45.3 Å². The lowest BCUT2D eigenvalue weighted by Gasteiger charge is -2.08. The third-order valence-electron chi connectivity index (χ3n) is 4.20. The molecule has 0 aliphatic heterocycles. The Kier molecular flexibility index (Phi) is 6.11. The van der Waals surface area contributed by atoms with Crippen LogP contribution in [-0.2, 0) is 6.42 Å². The highest BCUT2D eigenvalue weighted by Gasteiger charge is 2.20. The lowest BCUT2D eigenvalue weighted by atomic mass is 10.3. The summed E-state index contributed by atoms with van der Waals surface area (Å²) in [5.41, 5.74) is 0.991. The highest BCUT2D eigenvalue weighted by Crippen LogP contribution is 2.29. The van der Waals surface area contributed by atoms with Crippen LogP contribution in [0.5, 0.6) is 11.6 Å². The number of rotatable bonds is 6. The van der Waals surface area contributed by atoms with Crippen LogP contribution < -0.4 is 10.1 Å². The van der Waals surface area contributed by atoms with Crippen molar-refractivity contribution in [3.05, 3.63) is 82.7 Å². The van der Waals surface area contributed by atoms with Crippen LogP contribution in [0.2, 0.25) is 10.0 Å². The van der Waals surface area contributed by atoms with E-state index >= 15 is 0 Å². The van der Waals surface area contributed by atoms with E-state index in [9.17, 15) is 4.79 Å². The summed E-state index contributed by atoms with van der Waals surface area (Å²) >= 11 is 12.6. The van der Waals surface area contributed by atoms with E-state index in [1.807, 2.05) is 6.92 Å². The van der Waals surface area contributed by atoms with E-state index < -0.39 is 5.91 Å². The van der Waals surface area contributed by atoms with Gasteiger partial charge in [0.1, 0.15) is 17.3 Å². The summed E-state index contributed by atoms with van der Waals surface area (Å²) in [7, 11) is 0. The number of ether oxygens (including phenoxy) is 1. The molecule has 0 saturated carbocycles. The molecule has 0 spiro atoms. The van der Waals surface area contributed by atoms with Gasteiger partial charge in [-0.15, -0.1) is 5.10 Å². The van der Waals surface area contributed by atoms with Gasteiger partial charge in [-0.25, -0.2) is 14.6 Å². The Balaban J connectivity index is 1.57. The fourth-order valence-corrected chi connectivity index (χ4v) is 3.38. The molecule has 1 N–H and O–H groups in total. The molecule has 0 atom stereocenters. The van der Waals surface area contributed by atoms with Gasteiger partial charge in [0.15, 0.2) is 0 Å². The highest BCUT2D eigenvalue weighted by atomic mass is 35.5. The summed E-state index contributed by atoms with van der Waals surface area (Å²) in [5, 5.41) is 7.92. The number of anilines is 1. The number of aryl methyl sites for hydroxylation is 1. The molecule has 156 valence electrons. The SMILES string of the molecule is CCc1nc(C(=O)Nc2cccc(Oc3cnccn3)c2)nn1-c1c(Cl)cccc1Cl. The maximum absolute atomic E-state index is 12.8. The zero-order valence-corrected chi connectivity index (χ0v) is 17.8. The number of benzene rings is 2. The third-order valence-corrected chi connectivity index (χ3v) is 4.81. The molecule has 0 radical (unpaired) electrons. The first-order valence-corrected chi connectivity index (χ1v) is 10.1. The minimum Gasteiger partial charge on any atom is -0.437 e. The molecule has 0 fully saturated rings. The van der Waals surface area contributed by atoms with Crippen LogP contribution in [0.4, 0.5) is 5.69 Å². The number of carbonyl (C=O) groups excluding carboxylic acids is 1. The lowest BCUT2D eigenvalue weighted by Crippen LogP contribution is -2.14. The van der Waals surface area contributed by atoms with Crippen molar-refractivity contribution in [2.45, 2.75) is 13.3 Å². The Hall–Kier alpha value is -3.49. The zero-order valence-electron chi connectivity index (χ0n) is 16.3. The monoisotopic (exact) mass is 454 g/mol. The fraction of sp³-hybridized carbons (Fsp3) is 0.0952. The molecule has 1 amide bonds. The molecule has 0 saturated heterocycles. The van der Waals surface area contributed by atoms with E-state index in [1.54, 1.807) is 48.7 Å². The molecule has 0 aliphatic rings. The van der Waals surface area contributed by atoms with E-state index in [2.05, 4.69) is 25.4 Å². The summed E-state index contributed by atoms with van der Waals surface area (Å²) in [6.45, 7) is 1.90. The van der Waals surface area contributed by atoms with E-state index in [1.165, 1.54) is 17.1 Å². The molecule has 0 aliphatic carbocycles. The number of nitrogens with zero attached hydrogens (tertiary/aromatic N) is 5. The Morgan fingerprint density at radius 3 is 2.61 bits per heavy atom. The van der Waals surface area contributed by atoms with Crippen molar-refractivity contribution in [1.29, 1.82) is 0 Å². The number of hydrogen-bond acceptors (Lipinski definition) is 6. The van der Waals surface area contributed by atoms with Crippen molar-refractivity contribution in [3.8, 4) is 17.3 Å². The molecule has 4 rings (SSSR count). The predicted molar refractivity (Wildman–Crippen MR) is 117 cm³/mol. The van der Waals surface area contributed by atoms with E-state index in [0.717, 1.165) is 0 Å². The number of para-hydroxylation sites is 1. The third kappa shape index (κ3) is 4.65. The minimum atomic E-state index is -0.478. The van der Waals surface area contributed by atoms with E-state index in [4.69, 9.17) is 27.9 Å². The van der Waals surface area contributed by atoms with E-state index in [-0.39, 0.29) is 5.82 Å². The van der Waals surface area contributed by atoms with Gasteiger partial charge in [-0.05, 0) is 24.3 Å². The van der Waals surface area contributed by atoms with Crippen molar-refractivity contribution in [2.24, 2.45) is 0 Å². The van der Waals surface area contributed by atoms with Gasteiger partial charge in [-0.3, -0.25) is 9.78 Å². The second-order valence-electron chi connectivity index (χ2n) is 6.31. The van der Waals surface area contributed by atoms with Gasteiger partial charge in [-0.1, -0.05) is 42.3 Å². The topological polar surface area (TPSA) is 94.8 Å². The van der Waals surface area contributed by atoms with Crippen LogP contribution in [0.15, 0.2) is 61.1 Å². The molecule has 2 heterocycles. The smallest absolute Gasteiger partial charge is 0.295 e. The molecular weight excluding hydrogens is 439 g/mol. The Morgan fingerprint density at radius 1 is 1.13 bits per heavy atom. The van der Waals surface area contributed by atoms with Gasteiger partial charge >= 0.3 is 0 Å². The second kappa shape index (κ2) is 9.11. The largest absolute Gasteiger partial charge is 0.437 e.